The Morgan fingerprint density at radius 3 is 2.94 bits per heavy atom. The number of amides is 1. The number of fused-ring (bicyclic) bond motifs is 1. The van der Waals surface area contributed by atoms with Crippen molar-refractivity contribution in [3.63, 3.8) is 0 Å². The van der Waals surface area contributed by atoms with E-state index in [2.05, 4.69) is 20.9 Å². The van der Waals surface area contributed by atoms with Gasteiger partial charge >= 0.3 is 0 Å². The Labute approximate surface area is 106 Å². The van der Waals surface area contributed by atoms with Crippen molar-refractivity contribution in [2.45, 2.75) is 6.54 Å². The Morgan fingerprint density at radius 1 is 1.50 bits per heavy atom. The number of nitrogens with zero attached hydrogens (tertiary/aromatic N) is 2. The van der Waals surface area contributed by atoms with Crippen molar-refractivity contribution in [3.8, 4) is 0 Å². The first-order valence-corrected chi connectivity index (χ1v) is 6.79. The van der Waals surface area contributed by atoms with Crippen LogP contribution in [0.2, 0.25) is 0 Å². The van der Waals surface area contributed by atoms with Crippen molar-refractivity contribution < 1.29 is 4.79 Å². The predicted octanol–water partition coefficient (Wildman–Crippen LogP) is 2.65. The number of para-hydroxylation sites is 1. The van der Waals surface area contributed by atoms with Crippen LogP contribution in [0, 0.1) is 0 Å². The zero-order valence-electron chi connectivity index (χ0n) is 8.81. The lowest BCUT2D eigenvalue weighted by molar-refractivity contribution is -0.127. The molecule has 84 valence electrons. The summed E-state index contributed by atoms with van der Waals surface area (Å²) in [6.45, 7) is 0.573. The highest BCUT2D eigenvalue weighted by molar-refractivity contribution is 9.09. The van der Waals surface area contributed by atoms with Crippen LogP contribution in [0.3, 0.4) is 0 Å². The van der Waals surface area contributed by atoms with Gasteiger partial charge in [0.25, 0.3) is 0 Å². The van der Waals surface area contributed by atoms with Gasteiger partial charge in [-0.05, 0) is 12.1 Å². The summed E-state index contributed by atoms with van der Waals surface area (Å²) in [7, 11) is 1.79. The monoisotopic (exact) mass is 298 g/mol. The van der Waals surface area contributed by atoms with Crippen LogP contribution in [0.15, 0.2) is 24.3 Å². The number of thiazole rings is 1. The average molecular weight is 299 g/mol. The molecule has 0 saturated carbocycles. The van der Waals surface area contributed by atoms with Gasteiger partial charge in [0.05, 0.1) is 22.1 Å². The van der Waals surface area contributed by atoms with Gasteiger partial charge in [-0.2, -0.15) is 0 Å². The standard InChI is InChI=1S/C11H11BrN2OS/c1-14(11(15)6-12)7-10-13-8-4-2-3-5-9(8)16-10/h2-5H,6-7H2,1H3. The maximum absolute atomic E-state index is 11.4. The number of carbonyl (C=O) groups is 1. The largest absolute Gasteiger partial charge is 0.338 e. The Bertz CT molecular complexity index is 478. The summed E-state index contributed by atoms with van der Waals surface area (Å²) in [5.41, 5.74) is 1.00. The Kier molecular flexibility index (Phi) is 3.56. The molecule has 5 heteroatoms. The number of halogens is 1. The molecule has 0 radical (unpaired) electrons. The Morgan fingerprint density at radius 2 is 2.25 bits per heavy atom. The fraction of sp³-hybridized carbons (Fsp3) is 0.273. The molecular weight excluding hydrogens is 288 g/mol. The molecule has 1 heterocycles. The third-order valence-electron chi connectivity index (χ3n) is 2.25. The van der Waals surface area contributed by atoms with Crippen LogP contribution >= 0.6 is 27.3 Å². The molecule has 2 aromatic rings. The first-order valence-electron chi connectivity index (χ1n) is 4.85. The highest BCUT2D eigenvalue weighted by atomic mass is 79.9. The molecule has 0 saturated heterocycles. The smallest absolute Gasteiger partial charge is 0.233 e. The van der Waals surface area contributed by atoms with E-state index in [9.17, 15) is 4.79 Å². The Balaban J connectivity index is 2.18. The molecule has 0 aliphatic rings. The van der Waals surface area contributed by atoms with E-state index in [1.807, 2.05) is 24.3 Å². The summed E-state index contributed by atoms with van der Waals surface area (Å²) in [5, 5.41) is 1.33. The second kappa shape index (κ2) is 4.93. The number of aromatic nitrogens is 1. The maximum Gasteiger partial charge on any atom is 0.233 e. The third-order valence-corrected chi connectivity index (χ3v) is 3.75. The lowest BCUT2D eigenvalue weighted by Gasteiger charge is -2.13. The SMILES string of the molecule is CN(Cc1nc2ccccc2s1)C(=O)CBr. The van der Waals surface area contributed by atoms with Gasteiger partial charge in [0.15, 0.2) is 0 Å². The van der Waals surface area contributed by atoms with Gasteiger partial charge in [0.2, 0.25) is 5.91 Å². The quantitative estimate of drug-likeness (QED) is 0.816. The van der Waals surface area contributed by atoms with Crippen LogP contribution in [0.4, 0.5) is 0 Å². The summed E-state index contributed by atoms with van der Waals surface area (Å²) >= 11 is 4.79. The molecule has 3 nitrogen and oxygen atoms in total. The van der Waals surface area contributed by atoms with Crippen molar-refractivity contribution >= 4 is 43.4 Å². The maximum atomic E-state index is 11.4. The molecule has 2 rings (SSSR count). The molecule has 0 fully saturated rings. The normalized spacial score (nSPS) is 10.6. The number of hydrogen-bond acceptors (Lipinski definition) is 3. The molecule has 16 heavy (non-hydrogen) atoms. The van der Waals surface area contributed by atoms with Gasteiger partial charge in [-0.15, -0.1) is 11.3 Å². The van der Waals surface area contributed by atoms with Crippen LogP contribution in [0.5, 0.6) is 0 Å². The van der Waals surface area contributed by atoms with Crippen molar-refractivity contribution in [2.24, 2.45) is 0 Å². The van der Waals surface area contributed by atoms with Crippen molar-refractivity contribution in [2.75, 3.05) is 12.4 Å². The van der Waals surface area contributed by atoms with Crippen molar-refractivity contribution in [1.29, 1.82) is 0 Å². The lowest BCUT2D eigenvalue weighted by atomic mass is 10.3. The van der Waals surface area contributed by atoms with Gasteiger partial charge < -0.3 is 4.90 Å². The fourth-order valence-electron chi connectivity index (χ4n) is 1.38. The molecule has 0 atom stereocenters. The Hall–Kier alpha value is -0.940. The third kappa shape index (κ3) is 2.41. The highest BCUT2D eigenvalue weighted by Gasteiger charge is 2.10. The molecule has 1 amide bonds. The van der Waals surface area contributed by atoms with E-state index in [1.165, 1.54) is 0 Å². The van der Waals surface area contributed by atoms with Crippen molar-refractivity contribution in [1.82, 2.24) is 9.88 Å². The second-order valence-corrected chi connectivity index (χ2v) is 5.13. The molecule has 0 aliphatic heterocycles. The summed E-state index contributed by atoms with van der Waals surface area (Å²) in [6, 6.07) is 8.00. The first kappa shape index (κ1) is 11.5. The van der Waals surface area contributed by atoms with Crippen LogP contribution in [0.25, 0.3) is 10.2 Å². The van der Waals surface area contributed by atoms with Crippen LogP contribution in [-0.2, 0) is 11.3 Å². The topological polar surface area (TPSA) is 33.2 Å². The summed E-state index contributed by atoms with van der Waals surface area (Å²) < 4.78 is 1.16. The van der Waals surface area contributed by atoms with Crippen molar-refractivity contribution in [3.05, 3.63) is 29.3 Å². The van der Waals surface area contributed by atoms with E-state index < -0.39 is 0 Å². The lowest BCUT2D eigenvalue weighted by Crippen LogP contribution is -2.26. The zero-order chi connectivity index (χ0) is 11.5. The minimum absolute atomic E-state index is 0.0688. The van der Waals surface area contributed by atoms with Gasteiger partial charge in [0.1, 0.15) is 5.01 Å². The molecule has 0 unspecified atom stereocenters. The first-order chi connectivity index (χ1) is 7.70. The van der Waals surface area contributed by atoms with E-state index in [0.717, 1.165) is 15.2 Å². The average Bonchev–Trinajstić information content (AvgIpc) is 2.69. The van der Waals surface area contributed by atoms with Gasteiger partial charge in [0, 0.05) is 7.05 Å². The molecule has 1 aromatic heterocycles. The predicted molar refractivity (Wildman–Crippen MR) is 69.9 cm³/mol. The molecule has 0 spiro atoms. The van der Waals surface area contributed by atoms with Gasteiger partial charge in [-0.3, -0.25) is 4.79 Å². The van der Waals surface area contributed by atoms with Gasteiger partial charge in [-0.1, -0.05) is 28.1 Å². The van der Waals surface area contributed by atoms with E-state index >= 15 is 0 Å². The second-order valence-electron chi connectivity index (χ2n) is 3.46. The minimum Gasteiger partial charge on any atom is -0.338 e. The van der Waals surface area contributed by atoms with E-state index in [0.29, 0.717) is 11.9 Å². The van der Waals surface area contributed by atoms with Crippen LogP contribution < -0.4 is 0 Å². The van der Waals surface area contributed by atoms with E-state index in [1.54, 1.807) is 23.3 Å². The molecular formula is C11H11BrN2OS. The number of alkyl halides is 1. The molecule has 0 bridgehead atoms. The molecule has 1 aromatic carbocycles. The summed E-state index contributed by atoms with van der Waals surface area (Å²) in [6.07, 6.45) is 0. The number of carbonyl (C=O) groups excluding carboxylic acids is 1. The highest BCUT2D eigenvalue weighted by Crippen LogP contribution is 2.22. The molecule has 0 aliphatic carbocycles. The molecule has 0 N–H and O–H groups in total. The summed E-state index contributed by atoms with van der Waals surface area (Å²) in [4.78, 5) is 17.5. The zero-order valence-corrected chi connectivity index (χ0v) is 11.2. The fourth-order valence-corrected chi connectivity index (χ4v) is 2.83. The van der Waals surface area contributed by atoms with E-state index in [4.69, 9.17) is 0 Å². The van der Waals surface area contributed by atoms with E-state index in [-0.39, 0.29) is 5.91 Å². The van der Waals surface area contributed by atoms with Crippen LogP contribution in [-0.4, -0.2) is 28.2 Å². The number of benzene rings is 1. The summed E-state index contributed by atoms with van der Waals surface area (Å²) in [5.74, 6) is 0.0688. The number of rotatable bonds is 3. The number of hydrogen-bond donors (Lipinski definition) is 0. The van der Waals surface area contributed by atoms with Crippen LogP contribution in [0.1, 0.15) is 5.01 Å². The van der Waals surface area contributed by atoms with Gasteiger partial charge in [-0.25, -0.2) is 4.98 Å². The minimum atomic E-state index is 0.0688.